The maximum Gasteiger partial charge on any atom is 0.472 e. The molecule has 0 spiro atoms. The van der Waals surface area contributed by atoms with E-state index >= 15 is 0 Å². The van der Waals surface area contributed by atoms with E-state index in [1.807, 2.05) is 0 Å². The number of ether oxygens (including phenoxy) is 4. The number of rotatable bonds is 87. The Bertz CT molecular complexity index is 2020. The summed E-state index contributed by atoms with van der Waals surface area (Å²) < 4.78 is 68.9. The van der Waals surface area contributed by atoms with Crippen LogP contribution in [0.2, 0.25) is 0 Å². The molecule has 0 saturated heterocycles. The molecule has 0 aromatic heterocycles. The quantitative estimate of drug-likeness (QED) is 0.0222. The second-order valence-corrected chi connectivity index (χ2v) is 34.4. The van der Waals surface area contributed by atoms with Gasteiger partial charge in [-0.3, -0.25) is 37.3 Å². The largest absolute Gasteiger partial charge is 0.472 e. The molecule has 0 saturated carbocycles. The number of hydrogen-bond acceptors (Lipinski definition) is 15. The molecule has 0 aliphatic rings. The van der Waals surface area contributed by atoms with Crippen LogP contribution in [0.5, 0.6) is 0 Å². The van der Waals surface area contributed by atoms with E-state index in [0.29, 0.717) is 25.7 Å². The zero-order valence-electron chi connectivity index (χ0n) is 69.6. The number of esters is 4. The zero-order chi connectivity index (χ0) is 77.6. The minimum Gasteiger partial charge on any atom is -0.462 e. The number of carbonyl (C=O) groups is 4. The van der Waals surface area contributed by atoms with Crippen LogP contribution in [-0.4, -0.2) is 96.7 Å². The van der Waals surface area contributed by atoms with Crippen LogP contribution in [-0.2, 0) is 65.4 Å². The third-order valence-corrected chi connectivity index (χ3v) is 22.8. The average Bonchev–Trinajstić information content (AvgIpc) is 0.915. The lowest BCUT2D eigenvalue weighted by atomic mass is 9.99. The van der Waals surface area contributed by atoms with Crippen LogP contribution in [0.25, 0.3) is 0 Å². The van der Waals surface area contributed by atoms with Crippen molar-refractivity contribution in [2.45, 2.75) is 490 Å². The third kappa shape index (κ3) is 78.7. The highest BCUT2D eigenvalue weighted by molar-refractivity contribution is 7.47. The van der Waals surface area contributed by atoms with Gasteiger partial charge in [-0.1, -0.05) is 420 Å². The number of hydrogen-bond donors (Lipinski definition) is 3. The molecule has 19 heteroatoms. The van der Waals surface area contributed by atoms with Crippen LogP contribution in [0, 0.1) is 5.92 Å². The Hall–Kier alpha value is -1.94. The van der Waals surface area contributed by atoms with Gasteiger partial charge in [0, 0.05) is 25.7 Å². The highest BCUT2D eigenvalue weighted by Crippen LogP contribution is 2.45. The molecule has 0 aromatic rings. The summed E-state index contributed by atoms with van der Waals surface area (Å²) >= 11 is 0. The summed E-state index contributed by atoms with van der Waals surface area (Å²) in [6.45, 7) is 7.42. The predicted molar refractivity (Wildman–Crippen MR) is 437 cm³/mol. The normalized spacial score (nSPS) is 14.0. The molecule has 0 bridgehead atoms. The summed E-state index contributed by atoms with van der Waals surface area (Å²) in [6, 6.07) is 0. The standard InChI is InChI=1S/C87H170O17P2/c1-6-10-13-16-19-22-24-26-28-30-31-35-39-42-46-51-56-61-66-71-85(90)98-77-83(104-87(92)73-68-63-58-53-48-44-40-36-33-32-34-37-41-45-50-54-59-64-69-80(5)9-4)79-102-106(95,96)100-75-81(88)74-99-105(93,94)101-78-82(76-97-84(89)70-65-60-55-49-21-18-15-12-8-3)103-86(91)72-67-62-57-52-47-43-38-29-27-25-23-20-17-14-11-7-2/h80-83,88H,6-79H2,1-5H3,(H,93,94)(H,95,96)/t80?,81-,82+,83+/m0/s1. The lowest BCUT2D eigenvalue weighted by Gasteiger charge is -2.21. The van der Waals surface area contributed by atoms with E-state index < -0.39 is 97.5 Å². The molecule has 0 aliphatic carbocycles. The van der Waals surface area contributed by atoms with E-state index in [-0.39, 0.29) is 25.7 Å². The molecule has 0 radical (unpaired) electrons. The fourth-order valence-electron chi connectivity index (χ4n) is 13.6. The van der Waals surface area contributed by atoms with E-state index in [0.717, 1.165) is 95.8 Å². The second-order valence-electron chi connectivity index (χ2n) is 31.5. The summed E-state index contributed by atoms with van der Waals surface area (Å²) in [7, 11) is -9.92. The number of phosphoric acid groups is 2. The van der Waals surface area contributed by atoms with E-state index in [9.17, 15) is 43.2 Å². The Morgan fingerprint density at radius 3 is 0.670 bits per heavy atom. The van der Waals surface area contributed by atoms with E-state index in [4.69, 9.17) is 37.0 Å². The van der Waals surface area contributed by atoms with Crippen molar-refractivity contribution in [3.63, 3.8) is 0 Å². The van der Waals surface area contributed by atoms with Crippen molar-refractivity contribution in [1.82, 2.24) is 0 Å². The summed E-state index contributed by atoms with van der Waals surface area (Å²) in [5, 5.41) is 10.7. The van der Waals surface area contributed by atoms with E-state index in [1.54, 1.807) is 0 Å². The second kappa shape index (κ2) is 79.7. The van der Waals surface area contributed by atoms with Crippen LogP contribution in [0.15, 0.2) is 0 Å². The lowest BCUT2D eigenvalue weighted by molar-refractivity contribution is -0.161. The molecule has 0 fully saturated rings. The predicted octanol–water partition coefficient (Wildman–Crippen LogP) is 26.8. The first kappa shape index (κ1) is 104. The van der Waals surface area contributed by atoms with Crippen LogP contribution in [0.3, 0.4) is 0 Å². The summed E-state index contributed by atoms with van der Waals surface area (Å²) in [5.74, 6) is -1.23. The first-order chi connectivity index (χ1) is 51.6. The fraction of sp³-hybridized carbons (Fsp3) is 0.954. The summed E-state index contributed by atoms with van der Waals surface area (Å²) in [6.07, 6.45) is 73.6. The smallest absolute Gasteiger partial charge is 0.462 e. The van der Waals surface area contributed by atoms with Crippen molar-refractivity contribution < 1.29 is 80.2 Å². The van der Waals surface area contributed by atoms with Gasteiger partial charge in [0.1, 0.15) is 19.3 Å². The first-order valence-electron chi connectivity index (χ1n) is 45.2. The van der Waals surface area contributed by atoms with Crippen molar-refractivity contribution in [1.29, 1.82) is 0 Å². The number of phosphoric ester groups is 2. The van der Waals surface area contributed by atoms with Gasteiger partial charge >= 0.3 is 39.5 Å². The average molecular weight is 1550 g/mol. The number of unbranched alkanes of at least 4 members (excludes halogenated alkanes) is 58. The van der Waals surface area contributed by atoms with Crippen LogP contribution >= 0.6 is 15.6 Å². The maximum absolute atomic E-state index is 13.2. The Labute approximate surface area is 651 Å². The van der Waals surface area contributed by atoms with Crippen molar-refractivity contribution in [2.24, 2.45) is 5.92 Å². The summed E-state index contributed by atoms with van der Waals surface area (Å²) in [4.78, 5) is 73.2. The minimum absolute atomic E-state index is 0.109. The molecule has 0 aromatic carbocycles. The van der Waals surface area contributed by atoms with E-state index in [1.165, 1.54) is 295 Å². The zero-order valence-corrected chi connectivity index (χ0v) is 71.4. The Morgan fingerprint density at radius 2 is 0.453 bits per heavy atom. The summed E-state index contributed by atoms with van der Waals surface area (Å²) in [5.41, 5.74) is 0. The molecular formula is C87H170O17P2. The Balaban J connectivity index is 5.20. The van der Waals surface area contributed by atoms with Gasteiger partial charge in [0.05, 0.1) is 26.4 Å². The molecule has 3 unspecified atom stereocenters. The van der Waals surface area contributed by atoms with Gasteiger partial charge in [-0.2, -0.15) is 0 Å². The van der Waals surface area contributed by atoms with Gasteiger partial charge in [0.15, 0.2) is 12.2 Å². The number of aliphatic hydroxyl groups excluding tert-OH is 1. The van der Waals surface area contributed by atoms with Crippen LogP contribution in [0.1, 0.15) is 471 Å². The Kier molecular flexibility index (Phi) is 78.2. The molecule has 17 nitrogen and oxygen atoms in total. The SMILES string of the molecule is CCCCCCCCCCCCCCCCCCCCCC(=O)OC[C@H](COP(=O)(O)OC[C@@H](O)COP(=O)(O)OC[C@@H](COC(=O)CCCCCCCCCCC)OC(=O)CCCCCCCCCCCCCCCCCC)OC(=O)CCCCCCCCCCCCCCCCCCCCC(C)CC. The van der Waals surface area contributed by atoms with Gasteiger partial charge in [0.25, 0.3) is 0 Å². The van der Waals surface area contributed by atoms with Crippen molar-refractivity contribution >= 4 is 39.5 Å². The Morgan fingerprint density at radius 1 is 0.264 bits per heavy atom. The van der Waals surface area contributed by atoms with Crippen LogP contribution in [0.4, 0.5) is 0 Å². The van der Waals surface area contributed by atoms with Crippen molar-refractivity contribution in [3.05, 3.63) is 0 Å². The van der Waals surface area contributed by atoms with Gasteiger partial charge in [-0.05, 0) is 31.6 Å². The molecule has 0 rings (SSSR count). The molecule has 0 aliphatic heterocycles. The highest BCUT2D eigenvalue weighted by Gasteiger charge is 2.30. The topological polar surface area (TPSA) is 237 Å². The molecule has 106 heavy (non-hydrogen) atoms. The van der Waals surface area contributed by atoms with Gasteiger partial charge in [0.2, 0.25) is 0 Å². The maximum atomic E-state index is 13.2. The molecule has 0 heterocycles. The number of carbonyl (C=O) groups excluding carboxylic acids is 4. The van der Waals surface area contributed by atoms with Crippen molar-refractivity contribution in [2.75, 3.05) is 39.6 Å². The van der Waals surface area contributed by atoms with Gasteiger partial charge in [-0.25, -0.2) is 9.13 Å². The highest BCUT2D eigenvalue weighted by atomic mass is 31.2. The van der Waals surface area contributed by atoms with Crippen molar-refractivity contribution in [3.8, 4) is 0 Å². The molecule has 3 N–H and O–H groups in total. The fourth-order valence-corrected chi connectivity index (χ4v) is 15.2. The van der Waals surface area contributed by atoms with Crippen LogP contribution < -0.4 is 0 Å². The molecule has 0 amide bonds. The minimum atomic E-state index is -4.97. The first-order valence-corrected chi connectivity index (χ1v) is 48.2. The van der Waals surface area contributed by atoms with Gasteiger partial charge < -0.3 is 33.8 Å². The van der Waals surface area contributed by atoms with Gasteiger partial charge in [-0.15, -0.1) is 0 Å². The molecule has 6 atom stereocenters. The lowest BCUT2D eigenvalue weighted by Crippen LogP contribution is -2.30. The van der Waals surface area contributed by atoms with E-state index in [2.05, 4.69) is 34.6 Å². The third-order valence-electron chi connectivity index (χ3n) is 20.9. The number of aliphatic hydroxyl groups is 1. The molecular weight excluding hydrogens is 1380 g/mol. The molecule has 630 valence electrons. The monoisotopic (exact) mass is 1550 g/mol.